The Balaban J connectivity index is 1.72. The highest BCUT2D eigenvalue weighted by atomic mass is 16.5. The molecular formula is C19H24O2. The summed E-state index contributed by atoms with van der Waals surface area (Å²) in [7, 11) is 0. The van der Waals surface area contributed by atoms with Crippen molar-refractivity contribution in [3.8, 4) is 0 Å². The topological polar surface area (TPSA) is 26.3 Å². The van der Waals surface area contributed by atoms with Gasteiger partial charge in [-0.05, 0) is 42.5 Å². The molecule has 0 bridgehead atoms. The summed E-state index contributed by atoms with van der Waals surface area (Å²) < 4.78 is 4.93. The largest absolute Gasteiger partial charge is 0.466 e. The van der Waals surface area contributed by atoms with Crippen LogP contribution in [0.2, 0.25) is 0 Å². The lowest BCUT2D eigenvalue weighted by Crippen LogP contribution is -2.03. The van der Waals surface area contributed by atoms with Gasteiger partial charge in [-0.3, -0.25) is 4.79 Å². The Hall–Kier alpha value is -1.83. The minimum Gasteiger partial charge on any atom is -0.466 e. The van der Waals surface area contributed by atoms with Crippen molar-refractivity contribution in [3.05, 3.63) is 48.0 Å². The Kier molecular flexibility index (Phi) is 6.26. The zero-order chi connectivity index (χ0) is 14.9. The lowest BCUT2D eigenvalue weighted by molar-refractivity contribution is -0.143. The summed E-state index contributed by atoms with van der Waals surface area (Å²) in [6, 6.07) is 15.1. The minimum atomic E-state index is -0.0634. The third-order valence-corrected chi connectivity index (χ3v) is 3.76. The first-order valence-electron chi connectivity index (χ1n) is 7.93. The highest BCUT2D eigenvalue weighted by Crippen LogP contribution is 2.20. The second-order valence-corrected chi connectivity index (χ2v) is 5.36. The summed E-state index contributed by atoms with van der Waals surface area (Å²) in [6.07, 6.45) is 6.06. The second kappa shape index (κ2) is 8.46. The summed E-state index contributed by atoms with van der Waals surface area (Å²) in [5.41, 5.74) is 1.43. The van der Waals surface area contributed by atoms with Gasteiger partial charge in [0.15, 0.2) is 0 Å². The molecule has 0 aromatic heterocycles. The third-order valence-electron chi connectivity index (χ3n) is 3.76. The van der Waals surface area contributed by atoms with E-state index in [0.717, 1.165) is 19.3 Å². The molecule has 0 N–H and O–H groups in total. The van der Waals surface area contributed by atoms with Crippen LogP contribution in [0.25, 0.3) is 10.8 Å². The van der Waals surface area contributed by atoms with Crippen LogP contribution in [0.3, 0.4) is 0 Å². The first-order chi connectivity index (χ1) is 10.3. The van der Waals surface area contributed by atoms with Crippen LogP contribution in [0.4, 0.5) is 0 Å². The van der Waals surface area contributed by atoms with Gasteiger partial charge in [0, 0.05) is 6.42 Å². The van der Waals surface area contributed by atoms with Crippen molar-refractivity contribution < 1.29 is 9.53 Å². The van der Waals surface area contributed by atoms with Crippen LogP contribution >= 0.6 is 0 Å². The molecule has 112 valence electrons. The van der Waals surface area contributed by atoms with Gasteiger partial charge < -0.3 is 4.74 Å². The summed E-state index contributed by atoms with van der Waals surface area (Å²) >= 11 is 0. The summed E-state index contributed by atoms with van der Waals surface area (Å²) in [5, 5.41) is 2.68. The smallest absolute Gasteiger partial charge is 0.305 e. The molecule has 0 saturated heterocycles. The quantitative estimate of drug-likeness (QED) is 0.509. The molecule has 2 rings (SSSR count). The van der Waals surface area contributed by atoms with E-state index in [-0.39, 0.29) is 5.97 Å². The second-order valence-electron chi connectivity index (χ2n) is 5.36. The zero-order valence-electron chi connectivity index (χ0n) is 12.8. The van der Waals surface area contributed by atoms with Gasteiger partial charge >= 0.3 is 5.97 Å². The van der Waals surface area contributed by atoms with Crippen LogP contribution in [0.15, 0.2) is 42.5 Å². The standard InChI is InChI=1S/C19H24O2/c1-2-21-19(20)15-6-4-3-5-10-16-12-9-13-17-11-7-8-14-18(16)17/h7-9,11-14H,2-6,10,15H2,1H3. The molecule has 21 heavy (non-hydrogen) atoms. The fraction of sp³-hybridized carbons (Fsp3) is 0.421. The van der Waals surface area contributed by atoms with Gasteiger partial charge in [0.2, 0.25) is 0 Å². The van der Waals surface area contributed by atoms with Crippen LogP contribution in [-0.2, 0) is 16.0 Å². The number of aryl methyl sites for hydroxylation is 1. The summed E-state index contributed by atoms with van der Waals surface area (Å²) in [6.45, 7) is 2.34. The first-order valence-corrected chi connectivity index (χ1v) is 7.93. The number of hydrogen-bond donors (Lipinski definition) is 0. The Morgan fingerprint density at radius 3 is 2.57 bits per heavy atom. The highest BCUT2D eigenvalue weighted by Gasteiger charge is 2.02. The van der Waals surface area contributed by atoms with Crippen LogP contribution in [0.5, 0.6) is 0 Å². The molecule has 0 heterocycles. The van der Waals surface area contributed by atoms with Crippen molar-refractivity contribution in [2.75, 3.05) is 6.61 Å². The van der Waals surface area contributed by atoms with E-state index >= 15 is 0 Å². The molecule has 0 aliphatic heterocycles. The van der Waals surface area contributed by atoms with Gasteiger partial charge in [-0.2, -0.15) is 0 Å². The van der Waals surface area contributed by atoms with Crippen LogP contribution in [-0.4, -0.2) is 12.6 Å². The fourth-order valence-corrected chi connectivity index (χ4v) is 2.68. The molecule has 0 unspecified atom stereocenters. The highest BCUT2D eigenvalue weighted by molar-refractivity contribution is 5.85. The molecule has 2 nitrogen and oxygen atoms in total. The maximum Gasteiger partial charge on any atom is 0.305 e. The molecule has 0 fully saturated rings. The lowest BCUT2D eigenvalue weighted by Gasteiger charge is -2.06. The summed E-state index contributed by atoms with van der Waals surface area (Å²) in [5.74, 6) is -0.0634. The zero-order valence-corrected chi connectivity index (χ0v) is 12.8. The van der Waals surface area contributed by atoms with E-state index < -0.39 is 0 Å². The number of benzene rings is 2. The van der Waals surface area contributed by atoms with E-state index in [9.17, 15) is 4.79 Å². The van der Waals surface area contributed by atoms with Crippen molar-refractivity contribution in [1.29, 1.82) is 0 Å². The average molecular weight is 284 g/mol. The maximum absolute atomic E-state index is 11.2. The lowest BCUT2D eigenvalue weighted by atomic mass is 9.99. The van der Waals surface area contributed by atoms with Crippen LogP contribution in [0.1, 0.15) is 44.6 Å². The van der Waals surface area contributed by atoms with Crippen LogP contribution in [0, 0.1) is 0 Å². The van der Waals surface area contributed by atoms with E-state index in [1.807, 2.05) is 6.92 Å². The van der Waals surface area contributed by atoms with Crippen molar-refractivity contribution in [2.24, 2.45) is 0 Å². The van der Waals surface area contributed by atoms with Crippen molar-refractivity contribution in [1.82, 2.24) is 0 Å². The molecule has 0 saturated carbocycles. The van der Waals surface area contributed by atoms with Gasteiger partial charge in [-0.15, -0.1) is 0 Å². The number of ether oxygens (including phenoxy) is 1. The molecule has 0 atom stereocenters. The van der Waals surface area contributed by atoms with Gasteiger partial charge in [0.1, 0.15) is 0 Å². The number of unbranched alkanes of at least 4 members (excludes halogenated alkanes) is 3. The number of rotatable bonds is 8. The number of carbonyl (C=O) groups excluding carboxylic acids is 1. The number of carbonyl (C=O) groups is 1. The molecule has 0 aliphatic carbocycles. The van der Waals surface area contributed by atoms with Gasteiger partial charge in [-0.25, -0.2) is 0 Å². The predicted molar refractivity (Wildman–Crippen MR) is 87.4 cm³/mol. The molecule has 0 amide bonds. The molecule has 2 heteroatoms. The fourth-order valence-electron chi connectivity index (χ4n) is 2.68. The number of hydrogen-bond acceptors (Lipinski definition) is 2. The summed E-state index contributed by atoms with van der Waals surface area (Å²) in [4.78, 5) is 11.2. The average Bonchev–Trinajstić information content (AvgIpc) is 2.51. The van der Waals surface area contributed by atoms with E-state index in [1.165, 1.54) is 29.2 Å². The van der Waals surface area contributed by atoms with Gasteiger partial charge in [-0.1, -0.05) is 55.3 Å². The van der Waals surface area contributed by atoms with E-state index in [2.05, 4.69) is 42.5 Å². The predicted octanol–water partition coefficient (Wildman–Crippen LogP) is 4.90. The monoisotopic (exact) mass is 284 g/mol. The van der Waals surface area contributed by atoms with Crippen LogP contribution < -0.4 is 0 Å². The Bertz CT molecular complexity index is 569. The van der Waals surface area contributed by atoms with Crippen molar-refractivity contribution >= 4 is 16.7 Å². The third kappa shape index (κ3) is 4.89. The number of esters is 1. The van der Waals surface area contributed by atoms with E-state index in [0.29, 0.717) is 13.0 Å². The SMILES string of the molecule is CCOC(=O)CCCCCCc1cccc2ccccc12. The Morgan fingerprint density at radius 2 is 1.71 bits per heavy atom. The Labute approximate surface area is 127 Å². The van der Waals surface area contributed by atoms with Gasteiger partial charge in [0.25, 0.3) is 0 Å². The van der Waals surface area contributed by atoms with Crippen molar-refractivity contribution in [3.63, 3.8) is 0 Å². The molecule has 2 aromatic carbocycles. The van der Waals surface area contributed by atoms with Crippen molar-refractivity contribution in [2.45, 2.75) is 45.4 Å². The Morgan fingerprint density at radius 1 is 0.952 bits per heavy atom. The van der Waals surface area contributed by atoms with E-state index in [1.54, 1.807) is 0 Å². The molecule has 2 aromatic rings. The normalized spacial score (nSPS) is 10.7. The molecule has 0 spiro atoms. The molecular weight excluding hydrogens is 260 g/mol. The van der Waals surface area contributed by atoms with E-state index in [4.69, 9.17) is 4.74 Å². The molecule has 0 radical (unpaired) electrons. The number of fused-ring (bicyclic) bond motifs is 1. The molecule has 0 aliphatic rings. The first kappa shape index (κ1) is 15.6. The minimum absolute atomic E-state index is 0.0634. The maximum atomic E-state index is 11.2. The van der Waals surface area contributed by atoms with Gasteiger partial charge in [0.05, 0.1) is 6.61 Å².